The first-order chi connectivity index (χ1) is 9.01. The predicted octanol–water partition coefficient (Wildman–Crippen LogP) is 0.496. The summed E-state index contributed by atoms with van der Waals surface area (Å²) < 4.78 is 27.1. The highest BCUT2D eigenvalue weighted by atomic mass is 32.2. The lowest BCUT2D eigenvalue weighted by Crippen LogP contribution is -2.36. The number of sulfonamides is 1. The zero-order valence-corrected chi connectivity index (χ0v) is 12.1. The molecule has 1 aliphatic heterocycles. The molecule has 1 fully saturated rings. The molecule has 0 bridgehead atoms. The van der Waals surface area contributed by atoms with E-state index < -0.39 is 10.0 Å². The molecule has 1 saturated heterocycles. The minimum atomic E-state index is -3.47. The fraction of sp³-hybridized carbons (Fsp3) is 0.583. The summed E-state index contributed by atoms with van der Waals surface area (Å²) in [6, 6.07) is 3.24. The Kier molecular flexibility index (Phi) is 4.38. The highest BCUT2D eigenvalue weighted by molar-refractivity contribution is 7.89. The smallest absolute Gasteiger partial charge is 0.242 e. The van der Waals surface area contributed by atoms with Crippen molar-refractivity contribution in [3.63, 3.8) is 0 Å². The van der Waals surface area contributed by atoms with Crippen LogP contribution in [0.5, 0.6) is 0 Å². The average molecular weight is 284 g/mol. The van der Waals surface area contributed by atoms with Gasteiger partial charge in [-0.1, -0.05) is 0 Å². The Morgan fingerprint density at radius 1 is 1.47 bits per heavy atom. The SMILES string of the molecule is CCNc1ccc(S(=O)(=O)NC2CCN(C)C2)cn1. The molecule has 7 heteroatoms. The Morgan fingerprint density at radius 2 is 2.26 bits per heavy atom. The number of likely N-dealkylation sites (tertiary alicyclic amines) is 1. The molecule has 0 aromatic carbocycles. The second kappa shape index (κ2) is 5.85. The van der Waals surface area contributed by atoms with Crippen LogP contribution in [-0.2, 0) is 10.0 Å². The largest absolute Gasteiger partial charge is 0.370 e. The number of nitrogens with zero attached hydrogens (tertiary/aromatic N) is 2. The van der Waals surface area contributed by atoms with E-state index in [9.17, 15) is 8.42 Å². The lowest BCUT2D eigenvalue weighted by atomic mass is 10.3. The molecule has 0 amide bonds. The Morgan fingerprint density at radius 3 is 2.79 bits per heavy atom. The molecule has 1 atom stereocenters. The first kappa shape index (κ1) is 14.2. The van der Waals surface area contributed by atoms with Gasteiger partial charge in [-0.05, 0) is 39.1 Å². The number of hydrogen-bond donors (Lipinski definition) is 2. The second-order valence-corrected chi connectivity index (χ2v) is 6.49. The zero-order chi connectivity index (χ0) is 13.9. The summed E-state index contributed by atoms with van der Waals surface area (Å²) in [6.07, 6.45) is 2.23. The summed E-state index contributed by atoms with van der Waals surface area (Å²) in [4.78, 5) is 6.41. The van der Waals surface area contributed by atoms with Crippen molar-refractivity contribution in [2.45, 2.75) is 24.3 Å². The number of pyridine rings is 1. The first-order valence-electron chi connectivity index (χ1n) is 6.42. The molecule has 1 aliphatic rings. The third-order valence-electron chi connectivity index (χ3n) is 3.12. The van der Waals surface area contributed by atoms with Crippen molar-refractivity contribution in [3.05, 3.63) is 18.3 Å². The molecule has 0 radical (unpaired) electrons. The van der Waals surface area contributed by atoms with E-state index in [1.165, 1.54) is 6.20 Å². The van der Waals surface area contributed by atoms with Gasteiger partial charge in [-0.3, -0.25) is 0 Å². The van der Waals surface area contributed by atoms with Crippen molar-refractivity contribution < 1.29 is 8.42 Å². The van der Waals surface area contributed by atoms with Crippen molar-refractivity contribution in [2.24, 2.45) is 0 Å². The Bertz CT molecular complexity index is 515. The van der Waals surface area contributed by atoms with Crippen LogP contribution in [0.1, 0.15) is 13.3 Å². The van der Waals surface area contributed by atoms with Crippen molar-refractivity contribution >= 4 is 15.8 Å². The second-order valence-electron chi connectivity index (χ2n) is 4.78. The van der Waals surface area contributed by atoms with Crippen molar-refractivity contribution in [1.29, 1.82) is 0 Å². The summed E-state index contributed by atoms with van der Waals surface area (Å²) in [5, 5.41) is 3.03. The van der Waals surface area contributed by atoms with E-state index in [-0.39, 0.29) is 10.9 Å². The number of nitrogens with one attached hydrogen (secondary N) is 2. The monoisotopic (exact) mass is 284 g/mol. The van der Waals surface area contributed by atoms with Crippen LogP contribution in [0.15, 0.2) is 23.2 Å². The van der Waals surface area contributed by atoms with E-state index in [1.807, 2.05) is 14.0 Å². The normalized spacial score (nSPS) is 20.6. The standard InChI is InChI=1S/C12H20N4O2S/c1-3-13-12-5-4-11(8-14-12)19(17,18)15-10-6-7-16(2)9-10/h4-5,8,10,15H,3,6-7,9H2,1-2H3,(H,13,14). The van der Waals surface area contributed by atoms with Gasteiger partial charge in [0.15, 0.2) is 0 Å². The molecule has 2 N–H and O–H groups in total. The van der Waals surface area contributed by atoms with E-state index in [1.54, 1.807) is 12.1 Å². The minimum Gasteiger partial charge on any atom is -0.370 e. The Labute approximate surface area is 114 Å². The maximum absolute atomic E-state index is 12.2. The third-order valence-corrected chi connectivity index (χ3v) is 4.62. The van der Waals surface area contributed by atoms with Crippen LogP contribution in [0.25, 0.3) is 0 Å². The lowest BCUT2D eigenvalue weighted by molar-refractivity contribution is 0.407. The van der Waals surface area contributed by atoms with E-state index in [0.29, 0.717) is 5.82 Å². The summed E-state index contributed by atoms with van der Waals surface area (Å²) in [5.41, 5.74) is 0. The highest BCUT2D eigenvalue weighted by Crippen LogP contribution is 2.14. The number of rotatable bonds is 5. The number of anilines is 1. The van der Waals surface area contributed by atoms with Gasteiger partial charge in [0.05, 0.1) is 0 Å². The van der Waals surface area contributed by atoms with Gasteiger partial charge in [-0.15, -0.1) is 0 Å². The number of likely N-dealkylation sites (N-methyl/N-ethyl adjacent to an activating group) is 1. The molecule has 19 heavy (non-hydrogen) atoms. The van der Waals surface area contributed by atoms with Crippen LogP contribution in [0, 0.1) is 0 Å². The third kappa shape index (κ3) is 3.65. The van der Waals surface area contributed by atoms with Crippen molar-refractivity contribution in [3.8, 4) is 0 Å². The minimum absolute atomic E-state index is 0.0107. The van der Waals surface area contributed by atoms with Gasteiger partial charge in [0.25, 0.3) is 0 Å². The fourth-order valence-corrected chi connectivity index (χ4v) is 3.35. The van der Waals surface area contributed by atoms with Gasteiger partial charge in [-0.2, -0.15) is 0 Å². The maximum atomic E-state index is 12.2. The fourth-order valence-electron chi connectivity index (χ4n) is 2.14. The van der Waals surface area contributed by atoms with E-state index >= 15 is 0 Å². The molecule has 0 aliphatic carbocycles. The highest BCUT2D eigenvalue weighted by Gasteiger charge is 2.25. The van der Waals surface area contributed by atoms with E-state index in [2.05, 4.69) is 19.9 Å². The molecule has 2 heterocycles. The Balaban J connectivity index is 2.06. The molecular formula is C12H20N4O2S. The number of aromatic nitrogens is 1. The summed E-state index contributed by atoms with van der Waals surface area (Å²) >= 11 is 0. The molecule has 1 unspecified atom stereocenters. The molecule has 2 rings (SSSR count). The van der Waals surface area contributed by atoms with Gasteiger partial charge >= 0.3 is 0 Å². The van der Waals surface area contributed by atoms with Gasteiger partial charge in [0.1, 0.15) is 10.7 Å². The van der Waals surface area contributed by atoms with Crippen LogP contribution >= 0.6 is 0 Å². The van der Waals surface area contributed by atoms with Crippen LogP contribution in [0.3, 0.4) is 0 Å². The number of hydrogen-bond acceptors (Lipinski definition) is 5. The molecule has 106 valence electrons. The van der Waals surface area contributed by atoms with E-state index in [0.717, 1.165) is 26.1 Å². The molecule has 6 nitrogen and oxygen atoms in total. The van der Waals surface area contributed by atoms with Crippen molar-refractivity contribution in [2.75, 3.05) is 32.0 Å². The molecule has 1 aromatic heterocycles. The summed E-state index contributed by atoms with van der Waals surface area (Å²) in [6.45, 7) is 4.39. The summed E-state index contributed by atoms with van der Waals surface area (Å²) in [7, 11) is -1.48. The molecule has 0 spiro atoms. The molecule has 0 saturated carbocycles. The first-order valence-corrected chi connectivity index (χ1v) is 7.90. The molecular weight excluding hydrogens is 264 g/mol. The van der Waals surface area contributed by atoms with Gasteiger partial charge in [-0.25, -0.2) is 18.1 Å². The van der Waals surface area contributed by atoms with E-state index in [4.69, 9.17) is 0 Å². The lowest BCUT2D eigenvalue weighted by Gasteiger charge is -2.13. The molecule has 1 aromatic rings. The predicted molar refractivity (Wildman–Crippen MR) is 74.6 cm³/mol. The van der Waals surface area contributed by atoms with Gasteiger partial charge < -0.3 is 10.2 Å². The van der Waals surface area contributed by atoms with Gasteiger partial charge in [0, 0.05) is 25.3 Å². The van der Waals surface area contributed by atoms with Crippen LogP contribution in [-0.4, -0.2) is 51.0 Å². The average Bonchev–Trinajstić information content (AvgIpc) is 2.75. The maximum Gasteiger partial charge on any atom is 0.242 e. The van der Waals surface area contributed by atoms with Crippen LogP contribution in [0.4, 0.5) is 5.82 Å². The summed E-state index contributed by atoms with van der Waals surface area (Å²) in [5.74, 6) is 0.682. The van der Waals surface area contributed by atoms with Crippen LogP contribution in [0.2, 0.25) is 0 Å². The van der Waals surface area contributed by atoms with Crippen LogP contribution < -0.4 is 10.0 Å². The quantitative estimate of drug-likeness (QED) is 0.823. The zero-order valence-electron chi connectivity index (χ0n) is 11.3. The topological polar surface area (TPSA) is 74.3 Å². The van der Waals surface area contributed by atoms with Crippen molar-refractivity contribution in [1.82, 2.24) is 14.6 Å². The Hall–Kier alpha value is -1.18. The van der Waals surface area contributed by atoms with Gasteiger partial charge in [0.2, 0.25) is 10.0 Å².